The van der Waals surface area contributed by atoms with Gasteiger partial charge in [0.2, 0.25) is 52.4 Å². The molecule has 0 amide bonds. The van der Waals surface area contributed by atoms with Gasteiger partial charge in [-0.15, -0.1) is 0 Å². The molecular formula is C45H40Cl9N9O7P+. The van der Waals surface area contributed by atoms with Crippen molar-refractivity contribution in [1.82, 2.24) is 15.0 Å². The zero-order valence-corrected chi connectivity index (χ0v) is 44.7. The van der Waals surface area contributed by atoms with Gasteiger partial charge in [0.1, 0.15) is 38.0 Å². The van der Waals surface area contributed by atoms with Crippen LogP contribution in [0.4, 0.5) is 17.7 Å². The molecular weight excluding hydrogens is 1130 g/mol. The molecule has 6 rings (SSSR count). The molecule has 3 aromatic carbocycles. The average molecular weight is 1170 g/mol. The maximum Gasteiger partial charge on any atom is 0.572 e. The summed E-state index contributed by atoms with van der Waals surface area (Å²) in [7, 11) is -3.74. The summed E-state index contributed by atoms with van der Waals surface area (Å²) in [4.78, 5) is 24.2. The van der Waals surface area contributed by atoms with E-state index in [1.807, 2.05) is 18.2 Å². The predicted octanol–water partition coefficient (Wildman–Crippen LogP) is 16.0. The number of nitriles is 3. The Morgan fingerprint density at radius 1 is 0.451 bits per heavy atom. The quantitative estimate of drug-likeness (QED) is 0.0213. The van der Waals surface area contributed by atoms with Crippen LogP contribution in [0.2, 0.25) is 45.2 Å². The number of anilines is 3. The molecule has 6 aromatic rings. The van der Waals surface area contributed by atoms with Crippen LogP contribution < -0.4 is 16.0 Å². The molecule has 0 aliphatic heterocycles. The van der Waals surface area contributed by atoms with Gasteiger partial charge in [0.25, 0.3) is 0 Å². The van der Waals surface area contributed by atoms with Crippen molar-refractivity contribution in [1.29, 1.82) is 15.8 Å². The normalized spacial score (nSPS) is 11.4. The van der Waals surface area contributed by atoms with Crippen molar-refractivity contribution in [2.45, 2.75) is 57.8 Å². The number of nitrogens with zero attached hydrogens (tertiary/aromatic N) is 6. The van der Waals surface area contributed by atoms with Gasteiger partial charge in [-0.3, -0.25) is 0 Å². The van der Waals surface area contributed by atoms with E-state index in [4.69, 9.17) is 131 Å². The van der Waals surface area contributed by atoms with E-state index in [1.165, 1.54) is 18.2 Å². The maximum atomic E-state index is 11.5. The summed E-state index contributed by atoms with van der Waals surface area (Å²) in [6, 6.07) is 15.1. The number of benzene rings is 3. The Labute approximate surface area is 453 Å². The largest absolute Gasteiger partial charge is 0.572 e. The fraction of sp³-hybridized carbons (Fsp3) is 0.333. The highest BCUT2D eigenvalue weighted by Crippen LogP contribution is 2.58. The number of aromatic nitrogens is 3. The van der Waals surface area contributed by atoms with Crippen molar-refractivity contribution in [3.05, 3.63) is 98.7 Å². The molecule has 0 spiro atoms. The van der Waals surface area contributed by atoms with Crippen LogP contribution in [-0.4, -0.2) is 59.3 Å². The van der Waals surface area contributed by atoms with Crippen LogP contribution in [0.5, 0.6) is 0 Å². The van der Waals surface area contributed by atoms with Crippen molar-refractivity contribution in [2.75, 3.05) is 55.4 Å². The van der Waals surface area contributed by atoms with E-state index in [0.29, 0.717) is 109 Å². The molecule has 4 N–H and O–H groups in total. The van der Waals surface area contributed by atoms with Gasteiger partial charge in [-0.1, -0.05) is 104 Å². The number of hydrogen-bond donors (Lipinski definition) is 4. The van der Waals surface area contributed by atoms with Crippen LogP contribution in [-0.2, 0) is 13.6 Å². The van der Waals surface area contributed by atoms with Crippen LogP contribution in [0.1, 0.15) is 74.9 Å². The summed E-state index contributed by atoms with van der Waals surface area (Å²) in [6.07, 6.45) is 5.61. The summed E-state index contributed by atoms with van der Waals surface area (Å²) < 4.78 is 35.1. The molecule has 374 valence electrons. The van der Waals surface area contributed by atoms with E-state index in [2.05, 4.69) is 30.9 Å². The molecule has 0 radical (unpaired) electrons. The third-order valence-corrected chi connectivity index (χ3v) is 14.5. The molecule has 3 heterocycles. The van der Waals surface area contributed by atoms with E-state index < -0.39 is 8.17 Å². The Morgan fingerprint density at radius 3 is 1.00 bits per heavy atom. The molecule has 0 aliphatic rings. The zero-order valence-electron chi connectivity index (χ0n) is 37.0. The smallest absolute Gasteiger partial charge is 0.419 e. The van der Waals surface area contributed by atoms with Crippen molar-refractivity contribution in [2.24, 2.45) is 0 Å². The van der Waals surface area contributed by atoms with E-state index in [0.717, 1.165) is 0 Å². The first-order valence-corrected chi connectivity index (χ1v) is 26.5. The number of oxazole rings is 3. The second-order valence-corrected chi connectivity index (χ2v) is 20.5. The lowest BCUT2D eigenvalue weighted by atomic mass is 10.2. The Bertz CT molecular complexity index is 2630. The summed E-state index contributed by atoms with van der Waals surface area (Å²) in [6.45, 7) is 1.73. The van der Waals surface area contributed by atoms with E-state index in [9.17, 15) is 20.7 Å². The van der Waals surface area contributed by atoms with Gasteiger partial charge in [-0.05, 0) is 94.2 Å². The highest BCUT2D eigenvalue weighted by atomic mass is 35.5. The number of halogens is 9. The molecule has 0 saturated heterocycles. The van der Waals surface area contributed by atoms with Crippen molar-refractivity contribution >= 4 is 130 Å². The van der Waals surface area contributed by atoms with Gasteiger partial charge in [-0.2, -0.15) is 49.2 Å². The number of unbranched alkanes of at least 4 members (excludes halogenated alkanes) is 6. The standard InChI is InChI=1S/C45H40Cl9N9O7P/c46-25-16-28(37(52)31(49)19-25)40-61-34(22-55)43(68-40)58-10-4-1-7-13-65-71(64,66-14-8-2-5-11-59-44-35(23-56)62-41(69-44)29-17-26(47)20-32(50)38(29)53)67-15-9-3-6-12-60-45-36(24-57)63-42(70-45)30-18-27(48)21-33(51)39(30)54/h16-21,58-60,64H,1-15H2/q+1. The monoisotopic (exact) mass is 1160 g/mol. The van der Waals surface area contributed by atoms with Crippen molar-refractivity contribution < 1.29 is 31.7 Å². The summed E-state index contributed by atoms with van der Waals surface area (Å²) in [5.41, 5.74) is 1.17. The minimum Gasteiger partial charge on any atom is -0.419 e. The fourth-order valence-electron chi connectivity index (χ4n) is 6.50. The molecule has 16 nitrogen and oxygen atoms in total. The highest BCUT2D eigenvalue weighted by Gasteiger charge is 2.44. The first kappa shape index (κ1) is 56.3. The lowest BCUT2D eigenvalue weighted by Gasteiger charge is -2.15. The number of rotatable bonds is 27. The highest BCUT2D eigenvalue weighted by molar-refractivity contribution is 7.55. The Morgan fingerprint density at radius 2 is 0.732 bits per heavy atom. The molecule has 0 aliphatic carbocycles. The van der Waals surface area contributed by atoms with Crippen LogP contribution in [0, 0.1) is 34.0 Å². The molecule has 0 saturated carbocycles. The van der Waals surface area contributed by atoms with Crippen LogP contribution in [0.25, 0.3) is 34.4 Å². The van der Waals surface area contributed by atoms with Crippen LogP contribution >= 0.6 is 113 Å². The number of hydrogen-bond acceptors (Lipinski definition) is 16. The van der Waals surface area contributed by atoms with E-state index in [1.54, 1.807) is 18.2 Å². The Kier molecular flexibility index (Phi) is 21.7. The summed E-state index contributed by atoms with van der Waals surface area (Å²) in [5, 5.41) is 40.4. The molecule has 71 heavy (non-hydrogen) atoms. The molecule has 3 aromatic heterocycles. The number of nitrogens with one attached hydrogen (secondary N) is 3. The third-order valence-electron chi connectivity index (χ3n) is 9.95. The summed E-state index contributed by atoms with van der Waals surface area (Å²) >= 11 is 56.0. The van der Waals surface area contributed by atoms with Crippen LogP contribution in [0.15, 0.2) is 49.6 Å². The van der Waals surface area contributed by atoms with Crippen LogP contribution in [0.3, 0.4) is 0 Å². The van der Waals surface area contributed by atoms with Gasteiger partial charge >= 0.3 is 8.17 Å². The van der Waals surface area contributed by atoms with E-state index >= 15 is 0 Å². The van der Waals surface area contributed by atoms with Gasteiger partial charge in [0.15, 0.2) is 0 Å². The van der Waals surface area contributed by atoms with Crippen molar-refractivity contribution in [3.8, 4) is 52.6 Å². The SMILES string of the molecule is N#Cc1nc(-c2cc(Cl)cc(Cl)c2Cl)oc1NCCCCCO[P+](O)(OCCCCCNc1oc(-c2cc(Cl)cc(Cl)c2Cl)nc1C#N)OCCCCCNc1oc(-c2cc(Cl)cc(Cl)c2Cl)nc1C#N. The van der Waals surface area contributed by atoms with Gasteiger partial charge in [0.05, 0.1) is 46.8 Å². The third kappa shape index (κ3) is 15.8. The second-order valence-electron chi connectivity index (χ2n) is 15.1. The van der Waals surface area contributed by atoms with Gasteiger partial charge < -0.3 is 29.2 Å². The summed E-state index contributed by atoms with van der Waals surface area (Å²) in [5.74, 6) is 0.792. The molecule has 0 bridgehead atoms. The fourth-order valence-corrected chi connectivity index (χ4v) is 9.85. The Balaban J connectivity index is 0.959. The topological polar surface area (TPSA) is 233 Å². The van der Waals surface area contributed by atoms with E-state index in [-0.39, 0.29) is 102 Å². The minimum absolute atomic E-state index is 0.0406. The lowest BCUT2D eigenvalue weighted by molar-refractivity contribution is 0.0775. The average Bonchev–Trinajstić information content (AvgIpc) is 4.08. The molecule has 0 fully saturated rings. The predicted molar refractivity (Wildman–Crippen MR) is 279 cm³/mol. The Hall–Kier alpha value is -3.96. The second kappa shape index (κ2) is 27.4. The molecule has 26 heteroatoms. The zero-order chi connectivity index (χ0) is 51.1. The first-order chi connectivity index (χ1) is 34.1. The van der Waals surface area contributed by atoms with Gasteiger partial charge in [-0.25, -0.2) is 0 Å². The molecule has 0 unspecified atom stereocenters. The first-order valence-electron chi connectivity index (χ1n) is 21.6. The van der Waals surface area contributed by atoms with Gasteiger partial charge in [0, 0.05) is 34.7 Å². The maximum absolute atomic E-state index is 11.5. The van der Waals surface area contributed by atoms with Crippen molar-refractivity contribution in [3.63, 3.8) is 0 Å². The minimum atomic E-state index is -3.74. The lowest BCUT2D eigenvalue weighted by Crippen LogP contribution is -2.11. The molecule has 0 atom stereocenters.